The maximum absolute atomic E-state index is 11.1. The summed E-state index contributed by atoms with van der Waals surface area (Å²) < 4.78 is 0. The molecular weight excluding hydrogens is 216 g/mol. The second-order valence-corrected chi connectivity index (χ2v) is 3.22. The lowest BCUT2D eigenvalue weighted by Gasteiger charge is -2.08. The molecule has 0 aliphatic rings. The average Bonchev–Trinajstić information content (AvgIpc) is 2.25. The van der Waals surface area contributed by atoms with E-state index in [0.717, 1.165) is 13.3 Å². The van der Waals surface area contributed by atoms with Gasteiger partial charge in [-0.05, 0) is 19.4 Å². The van der Waals surface area contributed by atoms with Crippen molar-refractivity contribution in [3.8, 4) is 0 Å². The zero-order chi connectivity index (χ0) is 12.6. The number of hydrogen-bond acceptors (Lipinski definition) is 7. The molecular formula is C9H16N2O5. The van der Waals surface area contributed by atoms with Crippen molar-refractivity contribution in [2.45, 2.75) is 32.2 Å². The predicted molar refractivity (Wildman–Crippen MR) is 53.7 cm³/mol. The fraction of sp³-hybridized carbons (Fsp3) is 0.667. The maximum Gasteiger partial charge on any atom is 0.421 e. The molecule has 0 heterocycles. The molecule has 0 aliphatic carbocycles. The molecule has 7 heteroatoms. The monoisotopic (exact) mass is 232 g/mol. The molecule has 1 atom stereocenters. The van der Waals surface area contributed by atoms with Crippen molar-refractivity contribution in [1.29, 1.82) is 0 Å². The fourth-order valence-electron chi connectivity index (χ4n) is 0.826. The highest BCUT2D eigenvalue weighted by molar-refractivity contribution is 6.32. The van der Waals surface area contributed by atoms with Crippen LogP contribution in [0.15, 0.2) is 0 Å². The van der Waals surface area contributed by atoms with Crippen LogP contribution in [0.1, 0.15) is 26.2 Å². The molecule has 0 fully saturated rings. The number of ketones is 1. The van der Waals surface area contributed by atoms with E-state index in [1.807, 2.05) is 0 Å². The third kappa shape index (κ3) is 6.10. The summed E-state index contributed by atoms with van der Waals surface area (Å²) >= 11 is 0. The zero-order valence-electron chi connectivity index (χ0n) is 9.10. The van der Waals surface area contributed by atoms with E-state index < -0.39 is 23.8 Å². The van der Waals surface area contributed by atoms with Gasteiger partial charge in [-0.1, -0.05) is 6.42 Å². The molecule has 16 heavy (non-hydrogen) atoms. The molecule has 0 spiro atoms. The van der Waals surface area contributed by atoms with E-state index in [-0.39, 0.29) is 0 Å². The third-order valence-electron chi connectivity index (χ3n) is 1.76. The standard InChI is InChI=1S/C9H16N2O5/c1-6(12)8(13)15-16-9(14)7(11)4-2-3-5-10/h7H,2-5,10-11H2,1H3. The van der Waals surface area contributed by atoms with Crippen LogP contribution in [0.5, 0.6) is 0 Å². The summed E-state index contributed by atoms with van der Waals surface area (Å²) in [6.45, 7) is 1.51. The van der Waals surface area contributed by atoms with Crippen molar-refractivity contribution in [3.05, 3.63) is 0 Å². The minimum absolute atomic E-state index is 0.383. The van der Waals surface area contributed by atoms with Crippen molar-refractivity contribution >= 4 is 17.7 Å². The minimum atomic E-state index is -1.23. The van der Waals surface area contributed by atoms with Gasteiger partial charge in [0.2, 0.25) is 5.78 Å². The predicted octanol–water partition coefficient (Wildman–Crippen LogP) is -0.967. The zero-order valence-corrected chi connectivity index (χ0v) is 9.10. The molecule has 4 N–H and O–H groups in total. The molecule has 0 radical (unpaired) electrons. The summed E-state index contributed by atoms with van der Waals surface area (Å²) in [5, 5.41) is 0. The van der Waals surface area contributed by atoms with Gasteiger partial charge in [-0.3, -0.25) is 4.79 Å². The lowest BCUT2D eigenvalue weighted by molar-refractivity contribution is -0.257. The molecule has 0 saturated carbocycles. The molecule has 0 aromatic rings. The first-order valence-corrected chi connectivity index (χ1v) is 4.88. The summed E-state index contributed by atoms with van der Waals surface area (Å²) in [6.07, 6.45) is 1.80. The van der Waals surface area contributed by atoms with E-state index in [1.165, 1.54) is 0 Å². The second-order valence-electron chi connectivity index (χ2n) is 3.22. The quantitative estimate of drug-likeness (QED) is 0.261. The molecule has 7 nitrogen and oxygen atoms in total. The Morgan fingerprint density at radius 3 is 2.31 bits per heavy atom. The van der Waals surface area contributed by atoms with E-state index in [4.69, 9.17) is 11.5 Å². The summed E-state index contributed by atoms with van der Waals surface area (Å²) in [4.78, 5) is 40.2. The number of rotatable bonds is 6. The first-order valence-electron chi connectivity index (χ1n) is 4.88. The van der Waals surface area contributed by atoms with Crippen molar-refractivity contribution in [1.82, 2.24) is 0 Å². The Kier molecular flexibility index (Phi) is 7.06. The highest BCUT2D eigenvalue weighted by atomic mass is 17.2. The Bertz CT molecular complexity index is 267. The summed E-state index contributed by atoms with van der Waals surface area (Å²) in [7, 11) is 0. The molecule has 0 amide bonds. The maximum atomic E-state index is 11.1. The summed E-state index contributed by atoms with van der Waals surface area (Å²) in [6, 6.07) is -0.883. The Labute approximate surface area is 93.0 Å². The van der Waals surface area contributed by atoms with Crippen LogP contribution in [0.2, 0.25) is 0 Å². The van der Waals surface area contributed by atoms with Crippen LogP contribution in [0, 0.1) is 0 Å². The SMILES string of the molecule is CC(=O)C(=O)OOC(=O)C(N)CCCCN. The second kappa shape index (κ2) is 7.77. The topological polar surface area (TPSA) is 122 Å². The van der Waals surface area contributed by atoms with Crippen molar-refractivity contribution in [2.24, 2.45) is 11.5 Å². The van der Waals surface area contributed by atoms with Crippen LogP contribution in [0.25, 0.3) is 0 Å². The number of hydrogen-bond donors (Lipinski definition) is 2. The number of Topliss-reactive ketones (excluding diaryl/α,β-unsaturated/α-hetero) is 1. The van der Waals surface area contributed by atoms with Gasteiger partial charge < -0.3 is 11.5 Å². The Balaban J connectivity index is 3.79. The first-order chi connectivity index (χ1) is 7.49. The van der Waals surface area contributed by atoms with Gasteiger partial charge in [0.1, 0.15) is 6.04 Å². The van der Waals surface area contributed by atoms with Gasteiger partial charge >= 0.3 is 11.9 Å². The fourth-order valence-corrected chi connectivity index (χ4v) is 0.826. The van der Waals surface area contributed by atoms with Gasteiger partial charge in [0.15, 0.2) is 0 Å². The van der Waals surface area contributed by atoms with Gasteiger partial charge in [-0.25, -0.2) is 19.4 Å². The third-order valence-corrected chi connectivity index (χ3v) is 1.76. The smallest absolute Gasteiger partial charge is 0.330 e. The van der Waals surface area contributed by atoms with E-state index in [0.29, 0.717) is 19.4 Å². The van der Waals surface area contributed by atoms with Crippen LogP contribution < -0.4 is 11.5 Å². The van der Waals surface area contributed by atoms with Gasteiger partial charge in [0.05, 0.1) is 0 Å². The van der Waals surface area contributed by atoms with Crippen molar-refractivity contribution < 1.29 is 24.2 Å². The van der Waals surface area contributed by atoms with Crippen LogP contribution in [0.4, 0.5) is 0 Å². The minimum Gasteiger partial charge on any atom is -0.330 e. The molecule has 0 saturated heterocycles. The Morgan fingerprint density at radius 1 is 1.19 bits per heavy atom. The Hall–Kier alpha value is -1.47. The number of carbonyl (C=O) groups is 3. The van der Waals surface area contributed by atoms with Gasteiger partial charge in [0.25, 0.3) is 0 Å². The van der Waals surface area contributed by atoms with E-state index in [9.17, 15) is 14.4 Å². The Morgan fingerprint density at radius 2 is 1.81 bits per heavy atom. The normalized spacial score (nSPS) is 11.7. The number of unbranched alkanes of at least 4 members (excludes halogenated alkanes) is 1. The molecule has 0 aromatic heterocycles. The lowest BCUT2D eigenvalue weighted by Crippen LogP contribution is -2.33. The summed E-state index contributed by atoms with van der Waals surface area (Å²) in [5.41, 5.74) is 10.7. The van der Waals surface area contributed by atoms with Crippen molar-refractivity contribution in [3.63, 3.8) is 0 Å². The van der Waals surface area contributed by atoms with Crippen LogP contribution in [0.3, 0.4) is 0 Å². The van der Waals surface area contributed by atoms with Gasteiger partial charge in [-0.2, -0.15) is 0 Å². The van der Waals surface area contributed by atoms with Crippen LogP contribution in [-0.2, 0) is 24.2 Å². The van der Waals surface area contributed by atoms with E-state index >= 15 is 0 Å². The highest BCUT2D eigenvalue weighted by Gasteiger charge is 2.19. The van der Waals surface area contributed by atoms with Crippen molar-refractivity contribution in [2.75, 3.05) is 6.54 Å². The first kappa shape index (κ1) is 14.5. The van der Waals surface area contributed by atoms with E-state index in [1.54, 1.807) is 0 Å². The molecule has 92 valence electrons. The van der Waals surface area contributed by atoms with Crippen LogP contribution >= 0.6 is 0 Å². The van der Waals surface area contributed by atoms with Gasteiger partial charge in [0, 0.05) is 6.92 Å². The molecule has 0 rings (SSSR count). The molecule has 0 aromatic carbocycles. The molecule has 1 unspecified atom stereocenters. The van der Waals surface area contributed by atoms with Gasteiger partial charge in [-0.15, -0.1) is 0 Å². The average molecular weight is 232 g/mol. The lowest BCUT2D eigenvalue weighted by atomic mass is 10.1. The largest absolute Gasteiger partial charge is 0.421 e. The van der Waals surface area contributed by atoms with E-state index in [2.05, 4.69) is 9.78 Å². The highest BCUT2D eigenvalue weighted by Crippen LogP contribution is 2.00. The molecule has 0 aliphatic heterocycles. The number of carbonyl (C=O) groups excluding carboxylic acids is 3. The summed E-state index contributed by atoms with van der Waals surface area (Å²) in [5.74, 6) is -2.97. The number of nitrogens with two attached hydrogens (primary N) is 2. The van der Waals surface area contributed by atoms with Crippen LogP contribution in [-0.4, -0.2) is 30.3 Å². The molecule has 0 bridgehead atoms.